The van der Waals surface area contributed by atoms with Gasteiger partial charge in [0.2, 0.25) is 11.8 Å². The number of hydrogen-bond donors (Lipinski definition) is 1. The minimum Gasteiger partial charge on any atom is -0.480 e. The first-order valence-corrected chi connectivity index (χ1v) is 6.12. The van der Waals surface area contributed by atoms with Crippen LogP contribution in [0.1, 0.15) is 33.6 Å². The monoisotopic (exact) mass is 256 g/mol. The minimum atomic E-state index is -0.999. The molecule has 1 N–H and O–H groups in total. The van der Waals surface area contributed by atoms with Gasteiger partial charge in [-0.15, -0.1) is 0 Å². The van der Waals surface area contributed by atoms with E-state index in [1.807, 2.05) is 6.92 Å². The first-order chi connectivity index (χ1) is 8.30. The van der Waals surface area contributed by atoms with Crippen molar-refractivity contribution in [1.29, 1.82) is 0 Å². The second kappa shape index (κ2) is 5.48. The average molecular weight is 256 g/mol. The number of carboxylic acid groups (broad SMARTS) is 1. The van der Waals surface area contributed by atoms with Gasteiger partial charge in [0.1, 0.15) is 5.54 Å². The van der Waals surface area contributed by atoms with Crippen molar-refractivity contribution in [1.82, 2.24) is 9.80 Å². The number of hydrogen-bond acceptors (Lipinski definition) is 4. The van der Waals surface area contributed by atoms with E-state index in [0.29, 0.717) is 13.1 Å². The Morgan fingerprint density at radius 2 is 1.83 bits per heavy atom. The standard InChI is InChI=1S/C12H20N2O4/c1-4-13(12(2,3)11(17)18)7-8-14-9(15)5-6-10(14)16/h4-8H2,1-3H3,(H,17,18). The number of amides is 2. The van der Waals surface area contributed by atoms with Crippen molar-refractivity contribution in [2.75, 3.05) is 19.6 Å². The first-order valence-electron chi connectivity index (χ1n) is 6.12. The molecule has 0 aromatic carbocycles. The highest BCUT2D eigenvalue weighted by atomic mass is 16.4. The van der Waals surface area contributed by atoms with Gasteiger partial charge in [-0.05, 0) is 20.4 Å². The fourth-order valence-electron chi connectivity index (χ4n) is 2.06. The van der Waals surface area contributed by atoms with Crippen LogP contribution in [0.2, 0.25) is 0 Å². The molecule has 6 heteroatoms. The summed E-state index contributed by atoms with van der Waals surface area (Å²) < 4.78 is 0. The largest absolute Gasteiger partial charge is 0.480 e. The van der Waals surface area contributed by atoms with Gasteiger partial charge < -0.3 is 5.11 Å². The van der Waals surface area contributed by atoms with Crippen molar-refractivity contribution in [3.05, 3.63) is 0 Å². The molecular weight excluding hydrogens is 236 g/mol. The number of imide groups is 1. The quantitative estimate of drug-likeness (QED) is 0.692. The Labute approximate surface area is 107 Å². The zero-order valence-corrected chi connectivity index (χ0v) is 11.1. The van der Waals surface area contributed by atoms with Crippen LogP contribution >= 0.6 is 0 Å². The molecule has 102 valence electrons. The highest BCUT2D eigenvalue weighted by Gasteiger charge is 2.35. The maximum Gasteiger partial charge on any atom is 0.323 e. The molecule has 1 fully saturated rings. The summed E-state index contributed by atoms with van der Waals surface area (Å²) in [5, 5.41) is 9.15. The Balaban J connectivity index is 2.62. The minimum absolute atomic E-state index is 0.163. The Bertz CT molecular complexity index is 349. The second-order valence-electron chi connectivity index (χ2n) is 4.88. The maximum atomic E-state index is 11.4. The molecule has 18 heavy (non-hydrogen) atoms. The van der Waals surface area contributed by atoms with Crippen LogP contribution in [-0.4, -0.2) is 57.9 Å². The van der Waals surface area contributed by atoms with E-state index in [0.717, 1.165) is 0 Å². The van der Waals surface area contributed by atoms with Crippen molar-refractivity contribution >= 4 is 17.8 Å². The third-order valence-electron chi connectivity index (χ3n) is 3.44. The number of likely N-dealkylation sites (tertiary alicyclic amines) is 1. The van der Waals surface area contributed by atoms with Crippen LogP contribution in [0.25, 0.3) is 0 Å². The SMILES string of the molecule is CCN(CCN1C(=O)CCC1=O)C(C)(C)C(=O)O. The van der Waals surface area contributed by atoms with E-state index in [9.17, 15) is 14.4 Å². The fourth-order valence-corrected chi connectivity index (χ4v) is 2.06. The fraction of sp³-hybridized carbons (Fsp3) is 0.750. The van der Waals surface area contributed by atoms with Crippen molar-refractivity contribution in [3.8, 4) is 0 Å². The molecule has 0 saturated carbocycles. The lowest BCUT2D eigenvalue weighted by atomic mass is 10.0. The van der Waals surface area contributed by atoms with E-state index in [4.69, 9.17) is 5.11 Å². The number of rotatable bonds is 6. The molecule has 1 aliphatic heterocycles. The van der Waals surface area contributed by atoms with Crippen LogP contribution in [0.5, 0.6) is 0 Å². The molecule has 0 radical (unpaired) electrons. The van der Waals surface area contributed by atoms with Gasteiger partial charge in [-0.1, -0.05) is 6.92 Å². The van der Waals surface area contributed by atoms with Crippen molar-refractivity contribution in [2.24, 2.45) is 0 Å². The maximum absolute atomic E-state index is 11.4. The molecule has 0 atom stereocenters. The molecule has 1 rings (SSSR count). The van der Waals surface area contributed by atoms with Crippen LogP contribution in [0.3, 0.4) is 0 Å². The van der Waals surface area contributed by atoms with Crippen LogP contribution in [-0.2, 0) is 14.4 Å². The van der Waals surface area contributed by atoms with Gasteiger partial charge in [-0.2, -0.15) is 0 Å². The third kappa shape index (κ3) is 2.87. The summed E-state index contributed by atoms with van der Waals surface area (Å²) >= 11 is 0. The van der Waals surface area contributed by atoms with Gasteiger partial charge in [-0.25, -0.2) is 0 Å². The summed E-state index contributed by atoms with van der Waals surface area (Å²) in [5.74, 6) is -1.24. The first kappa shape index (κ1) is 14.6. The lowest BCUT2D eigenvalue weighted by Gasteiger charge is -2.34. The van der Waals surface area contributed by atoms with E-state index >= 15 is 0 Å². The predicted octanol–water partition coefficient (Wildman–Crippen LogP) is 0.320. The molecule has 0 unspecified atom stereocenters. The predicted molar refractivity (Wildman–Crippen MR) is 64.9 cm³/mol. The molecule has 0 aromatic rings. The van der Waals surface area contributed by atoms with Crippen molar-refractivity contribution in [2.45, 2.75) is 39.2 Å². The molecule has 6 nitrogen and oxygen atoms in total. The number of aliphatic carboxylic acids is 1. The molecule has 0 aromatic heterocycles. The van der Waals surface area contributed by atoms with E-state index in [-0.39, 0.29) is 31.2 Å². The Hall–Kier alpha value is -1.43. The van der Waals surface area contributed by atoms with Crippen LogP contribution < -0.4 is 0 Å². The zero-order valence-electron chi connectivity index (χ0n) is 11.1. The van der Waals surface area contributed by atoms with Gasteiger partial charge in [0.05, 0.1) is 0 Å². The van der Waals surface area contributed by atoms with E-state index in [1.165, 1.54) is 4.90 Å². The summed E-state index contributed by atoms with van der Waals surface area (Å²) in [6.07, 6.45) is 0.542. The molecule has 0 aliphatic carbocycles. The Kier molecular flexibility index (Phi) is 4.45. The van der Waals surface area contributed by atoms with Crippen LogP contribution in [0.4, 0.5) is 0 Å². The molecule has 1 aliphatic rings. The number of carboxylic acids is 1. The molecule has 0 spiro atoms. The molecule has 1 saturated heterocycles. The molecular formula is C12H20N2O4. The highest BCUT2D eigenvalue weighted by molar-refractivity contribution is 6.01. The average Bonchev–Trinajstić information content (AvgIpc) is 2.60. The number of carbonyl (C=O) groups is 3. The van der Waals surface area contributed by atoms with E-state index in [1.54, 1.807) is 18.7 Å². The Morgan fingerprint density at radius 3 is 2.22 bits per heavy atom. The van der Waals surface area contributed by atoms with E-state index in [2.05, 4.69) is 0 Å². The smallest absolute Gasteiger partial charge is 0.323 e. The lowest BCUT2D eigenvalue weighted by molar-refractivity contribution is -0.149. The topological polar surface area (TPSA) is 77.9 Å². The summed E-state index contributed by atoms with van der Waals surface area (Å²) in [7, 11) is 0. The molecule has 1 heterocycles. The second-order valence-corrected chi connectivity index (χ2v) is 4.88. The zero-order chi connectivity index (χ0) is 13.9. The van der Waals surface area contributed by atoms with Gasteiger partial charge in [0, 0.05) is 25.9 Å². The Morgan fingerprint density at radius 1 is 1.33 bits per heavy atom. The summed E-state index contributed by atoms with van der Waals surface area (Å²) in [5.41, 5.74) is -0.999. The normalized spacial score (nSPS) is 16.8. The van der Waals surface area contributed by atoms with Crippen molar-refractivity contribution < 1.29 is 19.5 Å². The van der Waals surface area contributed by atoms with E-state index < -0.39 is 11.5 Å². The summed E-state index contributed by atoms with van der Waals surface area (Å²) in [6.45, 7) is 6.29. The highest BCUT2D eigenvalue weighted by Crippen LogP contribution is 2.16. The van der Waals surface area contributed by atoms with Gasteiger partial charge in [0.25, 0.3) is 0 Å². The summed E-state index contributed by atoms with van der Waals surface area (Å²) in [4.78, 5) is 37.0. The van der Waals surface area contributed by atoms with Gasteiger partial charge >= 0.3 is 5.97 Å². The number of likely N-dealkylation sites (N-methyl/N-ethyl adjacent to an activating group) is 1. The van der Waals surface area contributed by atoms with Crippen LogP contribution in [0.15, 0.2) is 0 Å². The molecule has 0 bridgehead atoms. The summed E-state index contributed by atoms with van der Waals surface area (Å²) in [6, 6.07) is 0. The lowest BCUT2D eigenvalue weighted by Crippen LogP contribution is -2.52. The van der Waals surface area contributed by atoms with Gasteiger partial charge in [0.15, 0.2) is 0 Å². The number of nitrogens with zero attached hydrogens (tertiary/aromatic N) is 2. The third-order valence-corrected chi connectivity index (χ3v) is 3.44. The van der Waals surface area contributed by atoms with Gasteiger partial charge in [-0.3, -0.25) is 24.2 Å². The van der Waals surface area contributed by atoms with Crippen LogP contribution in [0, 0.1) is 0 Å². The number of carbonyl (C=O) groups excluding carboxylic acids is 2. The van der Waals surface area contributed by atoms with Crippen molar-refractivity contribution in [3.63, 3.8) is 0 Å². The molecule has 2 amide bonds.